The van der Waals surface area contributed by atoms with E-state index >= 15 is 0 Å². The lowest BCUT2D eigenvalue weighted by Gasteiger charge is -2.34. The van der Waals surface area contributed by atoms with E-state index in [-0.39, 0.29) is 12.8 Å². The number of halogens is 2. The average molecular weight is 346 g/mol. The molecular formula is C13H16F2N4O3S. The van der Waals surface area contributed by atoms with Crippen LogP contribution in [0.25, 0.3) is 11.0 Å². The second-order valence-corrected chi connectivity index (χ2v) is 7.76. The molecular weight excluding hydrogens is 330 g/mol. The molecule has 0 atom stereocenters. The summed E-state index contributed by atoms with van der Waals surface area (Å²) in [7, 11) is -2.05. The van der Waals surface area contributed by atoms with Gasteiger partial charge in [-0.15, -0.1) is 0 Å². The van der Waals surface area contributed by atoms with Gasteiger partial charge in [-0.1, -0.05) is 0 Å². The summed E-state index contributed by atoms with van der Waals surface area (Å²) in [6.07, 6.45) is 0.534. The minimum Gasteiger partial charge on any atom is -0.346 e. The van der Waals surface area contributed by atoms with Crippen LogP contribution in [-0.2, 0) is 14.7 Å². The number of hydrogen-bond acceptors (Lipinski definition) is 6. The second-order valence-electron chi connectivity index (χ2n) is 5.53. The zero-order chi connectivity index (χ0) is 16.6. The van der Waals surface area contributed by atoms with Crippen molar-refractivity contribution in [3.05, 3.63) is 18.6 Å². The quantitative estimate of drug-likeness (QED) is 0.802. The maximum Gasteiger partial charge on any atom is 0.241 e. The zero-order valence-corrected chi connectivity index (χ0v) is 13.1. The minimum absolute atomic E-state index is 0.0113. The Morgan fingerprint density at radius 2 is 2.17 bits per heavy atom. The van der Waals surface area contributed by atoms with Crippen LogP contribution in [-0.4, -0.2) is 48.0 Å². The molecule has 1 saturated carbocycles. The molecule has 2 aromatic rings. The minimum atomic E-state index is -3.58. The number of anilines is 1. The first-order valence-corrected chi connectivity index (χ1v) is 8.74. The van der Waals surface area contributed by atoms with Gasteiger partial charge >= 0.3 is 0 Å². The molecule has 2 aromatic heterocycles. The summed E-state index contributed by atoms with van der Waals surface area (Å²) >= 11 is 0. The number of hydroxylamine groups is 1. The highest BCUT2D eigenvalue weighted by atomic mass is 32.2. The second kappa shape index (κ2) is 6.00. The van der Waals surface area contributed by atoms with Gasteiger partial charge in [0.1, 0.15) is 12.0 Å². The van der Waals surface area contributed by atoms with E-state index in [9.17, 15) is 17.2 Å². The molecule has 0 spiro atoms. The number of hydrogen-bond donors (Lipinski definition) is 1. The summed E-state index contributed by atoms with van der Waals surface area (Å²) in [5.74, 6) is -0.973. The standard InChI is InChI=1S/C13H16F2N4O3S/c1-19(13-10-2-3-16-12(10)17-6-18-13)22-7-23(20,21)9-4-8(5-9)11(14)15/h2-3,6,8-9,11H,4-5,7H2,1H3,(H,16,17,18). The number of alkyl halides is 2. The van der Waals surface area contributed by atoms with Crippen molar-refractivity contribution in [3.8, 4) is 0 Å². The third kappa shape index (κ3) is 3.13. The molecule has 0 aromatic carbocycles. The number of aromatic nitrogens is 3. The van der Waals surface area contributed by atoms with Gasteiger partial charge in [-0.05, 0) is 18.9 Å². The predicted octanol–water partition coefficient (Wildman–Crippen LogP) is 1.74. The molecule has 0 bridgehead atoms. The smallest absolute Gasteiger partial charge is 0.241 e. The molecule has 10 heteroatoms. The fourth-order valence-electron chi connectivity index (χ4n) is 2.52. The van der Waals surface area contributed by atoms with Crippen molar-refractivity contribution in [1.29, 1.82) is 0 Å². The number of H-pyrrole nitrogens is 1. The highest BCUT2D eigenvalue weighted by Crippen LogP contribution is 2.37. The van der Waals surface area contributed by atoms with Crippen molar-refractivity contribution < 1.29 is 22.0 Å². The normalized spacial score (nSPS) is 21.6. The molecule has 3 rings (SSSR count). The van der Waals surface area contributed by atoms with Crippen LogP contribution < -0.4 is 5.06 Å². The van der Waals surface area contributed by atoms with E-state index in [0.717, 1.165) is 0 Å². The van der Waals surface area contributed by atoms with Gasteiger partial charge in [-0.25, -0.2) is 32.2 Å². The summed E-state index contributed by atoms with van der Waals surface area (Å²) < 4.78 is 49.1. The molecule has 0 radical (unpaired) electrons. The Balaban J connectivity index is 1.63. The molecule has 23 heavy (non-hydrogen) atoms. The van der Waals surface area contributed by atoms with Gasteiger partial charge in [-0.2, -0.15) is 0 Å². The van der Waals surface area contributed by atoms with Crippen molar-refractivity contribution in [2.45, 2.75) is 24.5 Å². The monoisotopic (exact) mass is 346 g/mol. The summed E-state index contributed by atoms with van der Waals surface area (Å²) in [6, 6.07) is 1.75. The Kier molecular flexibility index (Phi) is 4.19. The summed E-state index contributed by atoms with van der Waals surface area (Å²) in [4.78, 5) is 16.3. The largest absolute Gasteiger partial charge is 0.346 e. The first-order valence-electron chi connectivity index (χ1n) is 7.03. The Bertz CT molecular complexity index is 789. The highest BCUT2D eigenvalue weighted by Gasteiger charge is 2.43. The fraction of sp³-hybridized carbons (Fsp3) is 0.538. The lowest BCUT2D eigenvalue weighted by Crippen LogP contribution is -2.41. The Hall–Kier alpha value is -1.81. The average Bonchev–Trinajstić information content (AvgIpc) is 2.90. The Morgan fingerprint density at radius 3 is 2.87 bits per heavy atom. The third-order valence-corrected chi connectivity index (χ3v) is 5.87. The van der Waals surface area contributed by atoms with Gasteiger partial charge in [0.25, 0.3) is 0 Å². The van der Waals surface area contributed by atoms with Crippen LogP contribution in [0.1, 0.15) is 12.8 Å². The van der Waals surface area contributed by atoms with Crippen molar-refractivity contribution >= 4 is 26.7 Å². The van der Waals surface area contributed by atoms with E-state index < -0.39 is 33.4 Å². The van der Waals surface area contributed by atoms with Crippen LogP contribution in [0.4, 0.5) is 14.6 Å². The number of sulfone groups is 1. The molecule has 0 aliphatic heterocycles. The van der Waals surface area contributed by atoms with Gasteiger partial charge in [-0.3, -0.25) is 4.84 Å². The predicted molar refractivity (Wildman–Crippen MR) is 79.7 cm³/mol. The van der Waals surface area contributed by atoms with Crippen molar-refractivity contribution in [1.82, 2.24) is 15.0 Å². The number of rotatable bonds is 6. The van der Waals surface area contributed by atoms with E-state index in [1.165, 1.54) is 18.4 Å². The lowest BCUT2D eigenvalue weighted by atomic mass is 9.85. The van der Waals surface area contributed by atoms with E-state index in [2.05, 4.69) is 15.0 Å². The van der Waals surface area contributed by atoms with Gasteiger partial charge < -0.3 is 4.98 Å². The molecule has 126 valence electrons. The Morgan fingerprint density at radius 1 is 1.43 bits per heavy atom. The van der Waals surface area contributed by atoms with Crippen LogP contribution in [0.5, 0.6) is 0 Å². The van der Waals surface area contributed by atoms with Gasteiger partial charge in [0.15, 0.2) is 21.6 Å². The topological polar surface area (TPSA) is 88.2 Å². The molecule has 1 fully saturated rings. The van der Waals surface area contributed by atoms with Crippen LogP contribution >= 0.6 is 0 Å². The first kappa shape index (κ1) is 16.1. The molecule has 1 N–H and O–H groups in total. The van der Waals surface area contributed by atoms with Gasteiger partial charge in [0.2, 0.25) is 6.43 Å². The van der Waals surface area contributed by atoms with Crippen molar-refractivity contribution in [2.75, 3.05) is 18.0 Å². The molecule has 2 heterocycles. The number of nitrogens with zero attached hydrogens (tertiary/aromatic N) is 3. The summed E-state index contributed by atoms with van der Waals surface area (Å²) in [5.41, 5.74) is 0.604. The SMILES string of the molecule is CN(OCS(=O)(=O)C1CC(C(F)F)C1)c1ncnc2[nH]ccc12. The van der Waals surface area contributed by atoms with Crippen LogP contribution in [0.2, 0.25) is 0 Å². The number of aromatic amines is 1. The molecule has 0 amide bonds. The van der Waals surface area contributed by atoms with E-state index in [1.54, 1.807) is 12.3 Å². The first-order chi connectivity index (χ1) is 10.9. The zero-order valence-electron chi connectivity index (χ0n) is 12.3. The molecule has 0 unspecified atom stereocenters. The third-order valence-electron chi connectivity index (χ3n) is 4.04. The van der Waals surface area contributed by atoms with Crippen LogP contribution in [0, 0.1) is 5.92 Å². The van der Waals surface area contributed by atoms with E-state index in [4.69, 9.17) is 4.84 Å². The van der Waals surface area contributed by atoms with Gasteiger partial charge in [0, 0.05) is 19.2 Å². The van der Waals surface area contributed by atoms with Crippen LogP contribution in [0.3, 0.4) is 0 Å². The lowest BCUT2D eigenvalue weighted by molar-refractivity contribution is 0.0356. The Labute approximate surface area is 131 Å². The molecule has 0 saturated heterocycles. The van der Waals surface area contributed by atoms with E-state index in [0.29, 0.717) is 16.9 Å². The van der Waals surface area contributed by atoms with Crippen molar-refractivity contribution in [2.24, 2.45) is 5.92 Å². The molecule has 1 aliphatic rings. The maximum absolute atomic E-state index is 12.4. The number of nitrogens with one attached hydrogen (secondary N) is 1. The fourth-order valence-corrected chi connectivity index (χ4v) is 4.10. The van der Waals surface area contributed by atoms with Crippen molar-refractivity contribution in [3.63, 3.8) is 0 Å². The highest BCUT2D eigenvalue weighted by molar-refractivity contribution is 7.91. The summed E-state index contributed by atoms with van der Waals surface area (Å²) in [6.45, 7) is 0. The van der Waals surface area contributed by atoms with Crippen LogP contribution in [0.15, 0.2) is 18.6 Å². The van der Waals surface area contributed by atoms with Gasteiger partial charge in [0.05, 0.1) is 10.6 Å². The molecule has 7 nitrogen and oxygen atoms in total. The maximum atomic E-state index is 12.4. The summed E-state index contributed by atoms with van der Waals surface area (Å²) in [5, 5.41) is 1.18. The van der Waals surface area contributed by atoms with E-state index in [1.807, 2.05) is 0 Å². The molecule has 1 aliphatic carbocycles. The number of fused-ring (bicyclic) bond motifs is 1.